The van der Waals surface area contributed by atoms with Crippen molar-refractivity contribution < 1.29 is 39.3 Å². The zero-order chi connectivity index (χ0) is 25.2. The van der Waals surface area contributed by atoms with Crippen LogP contribution in [-0.2, 0) is 24.0 Å². The molecule has 0 aliphatic heterocycles. The van der Waals surface area contributed by atoms with Gasteiger partial charge in [0.25, 0.3) is 0 Å². The average Bonchev–Trinajstić information content (AvgIpc) is 2.68. The first-order chi connectivity index (χ1) is 14.7. The molecule has 0 aromatic heterocycles. The quantitative estimate of drug-likeness (QED) is 0.166. The molecule has 0 rings (SSSR count). The van der Waals surface area contributed by atoms with Crippen molar-refractivity contribution >= 4 is 29.7 Å². The van der Waals surface area contributed by atoms with Crippen LogP contribution in [-0.4, -0.2) is 75.3 Å². The summed E-state index contributed by atoms with van der Waals surface area (Å²) in [6.45, 7) is 8.27. The number of carbonyl (C=O) groups is 5. The first-order valence-corrected chi connectivity index (χ1v) is 10.5. The molecule has 8 N–H and O–H groups in total. The highest BCUT2D eigenvalue weighted by Crippen LogP contribution is 2.09. The van der Waals surface area contributed by atoms with Crippen LogP contribution in [0.3, 0.4) is 0 Å². The number of hydrogen-bond donors (Lipinski definition) is 7. The summed E-state index contributed by atoms with van der Waals surface area (Å²) in [4.78, 5) is 60.2. The predicted octanol–water partition coefficient (Wildman–Crippen LogP) is -1.20. The maximum Gasteiger partial charge on any atom is 0.328 e. The molecule has 0 aromatic rings. The molecule has 0 fully saturated rings. The Hall–Kier alpha value is -2.73. The fraction of sp³-hybridized carbons (Fsp3) is 0.750. The first-order valence-electron chi connectivity index (χ1n) is 10.5. The molecule has 12 heteroatoms. The Morgan fingerprint density at radius 2 is 1.34 bits per heavy atom. The fourth-order valence-electron chi connectivity index (χ4n) is 2.78. The minimum Gasteiger partial charge on any atom is -0.481 e. The largest absolute Gasteiger partial charge is 0.481 e. The van der Waals surface area contributed by atoms with Gasteiger partial charge in [-0.25, -0.2) is 4.79 Å². The van der Waals surface area contributed by atoms with Gasteiger partial charge in [0, 0.05) is 0 Å². The van der Waals surface area contributed by atoms with Crippen molar-refractivity contribution in [2.45, 2.75) is 84.2 Å². The molecule has 0 aliphatic rings. The standard InChI is InChI=1S/C20H36N4O8/c1-6-10(4)15(21)19(30)23-13(8-14(26)27)17(28)22-12(7-9(2)3)18(29)24-16(11(5)25)20(31)32/h9-13,15-16,25H,6-8,21H2,1-5H3,(H,22,28)(H,23,30)(H,24,29)(H,26,27)(H,31,32). The number of aliphatic hydroxyl groups is 1. The van der Waals surface area contributed by atoms with E-state index in [1.807, 2.05) is 6.92 Å². The van der Waals surface area contributed by atoms with Crippen molar-refractivity contribution in [2.24, 2.45) is 17.6 Å². The summed E-state index contributed by atoms with van der Waals surface area (Å²) >= 11 is 0. The lowest BCUT2D eigenvalue weighted by molar-refractivity contribution is -0.145. The Kier molecular flexibility index (Phi) is 12.5. The molecule has 0 spiro atoms. The van der Waals surface area contributed by atoms with Crippen LogP contribution in [0.2, 0.25) is 0 Å². The summed E-state index contributed by atoms with van der Waals surface area (Å²) in [5, 5.41) is 34.7. The minimum absolute atomic E-state index is 0.101. The third kappa shape index (κ3) is 10.1. The summed E-state index contributed by atoms with van der Waals surface area (Å²) < 4.78 is 0. The molecule has 184 valence electrons. The van der Waals surface area contributed by atoms with E-state index in [1.165, 1.54) is 6.92 Å². The molecule has 0 bridgehead atoms. The van der Waals surface area contributed by atoms with Gasteiger partial charge in [0.2, 0.25) is 17.7 Å². The molecule has 6 unspecified atom stereocenters. The third-order valence-corrected chi connectivity index (χ3v) is 4.96. The van der Waals surface area contributed by atoms with E-state index in [9.17, 15) is 29.1 Å². The Balaban J connectivity index is 5.56. The molecule has 6 atom stereocenters. The van der Waals surface area contributed by atoms with Gasteiger partial charge in [0.1, 0.15) is 12.1 Å². The van der Waals surface area contributed by atoms with Gasteiger partial charge >= 0.3 is 11.9 Å². The minimum atomic E-state index is -1.60. The number of rotatable bonds is 14. The van der Waals surface area contributed by atoms with Gasteiger partial charge in [-0.3, -0.25) is 19.2 Å². The fourth-order valence-corrected chi connectivity index (χ4v) is 2.78. The van der Waals surface area contributed by atoms with E-state index < -0.39 is 66.4 Å². The van der Waals surface area contributed by atoms with Crippen molar-refractivity contribution in [2.75, 3.05) is 0 Å². The summed E-state index contributed by atoms with van der Waals surface area (Å²) in [5.74, 6) is -5.63. The molecule has 0 radical (unpaired) electrons. The number of aliphatic hydroxyl groups excluding tert-OH is 1. The lowest BCUT2D eigenvalue weighted by Crippen LogP contribution is -2.59. The highest BCUT2D eigenvalue weighted by atomic mass is 16.4. The molecule has 0 saturated heterocycles. The molecule has 0 saturated carbocycles. The summed E-state index contributed by atoms with van der Waals surface area (Å²) in [6.07, 6.45) is -1.45. The number of nitrogens with one attached hydrogen (secondary N) is 3. The molecule has 0 aromatic carbocycles. The number of hydrogen-bond acceptors (Lipinski definition) is 7. The molecule has 32 heavy (non-hydrogen) atoms. The first kappa shape index (κ1) is 29.3. The second-order valence-electron chi connectivity index (χ2n) is 8.33. The lowest BCUT2D eigenvalue weighted by Gasteiger charge is -2.26. The zero-order valence-electron chi connectivity index (χ0n) is 19.1. The summed E-state index contributed by atoms with van der Waals surface area (Å²) in [7, 11) is 0. The van der Waals surface area contributed by atoms with Crippen LogP contribution in [0.15, 0.2) is 0 Å². The molecule has 12 nitrogen and oxygen atoms in total. The van der Waals surface area contributed by atoms with Gasteiger partial charge in [0.05, 0.1) is 18.6 Å². The van der Waals surface area contributed by atoms with Crippen LogP contribution in [0.5, 0.6) is 0 Å². The molecule has 3 amide bonds. The Morgan fingerprint density at radius 1 is 0.844 bits per heavy atom. The summed E-state index contributed by atoms with van der Waals surface area (Å²) in [5.41, 5.74) is 5.84. The van der Waals surface area contributed by atoms with Gasteiger partial charge in [-0.2, -0.15) is 0 Å². The van der Waals surface area contributed by atoms with Gasteiger partial charge in [-0.15, -0.1) is 0 Å². The molecule has 0 aliphatic carbocycles. The number of carboxylic acids is 2. The van der Waals surface area contributed by atoms with E-state index in [4.69, 9.17) is 15.9 Å². The lowest BCUT2D eigenvalue weighted by atomic mass is 9.98. The number of carbonyl (C=O) groups excluding carboxylic acids is 3. The van der Waals surface area contributed by atoms with Crippen LogP contribution < -0.4 is 21.7 Å². The topological polar surface area (TPSA) is 208 Å². The van der Waals surface area contributed by atoms with Crippen LogP contribution in [0, 0.1) is 11.8 Å². The SMILES string of the molecule is CCC(C)C(N)C(=O)NC(CC(=O)O)C(=O)NC(CC(C)C)C(=O)NC(C(=O)O)C(C)O. The van der Waals surface area contributed by atoms with E-state index in [-0.39, 0.29) is 18.3 Å². The Bertz CT molecular complexity index is 683. The third-order valence-electron chi connectivity index (χ3n) is 4.96. The van der Waals surface area contributed by atoms with Crippen molar-refractivity contribution in [1.29, 1.82) is 0 Å². The number of nitrogens with two attached hydrogens (primary N) is 1. The smallest absolute Gasteiger partial charge is 0.328 e. The van der Waals surface area contributed by atoms with Crippen LogP contribution in [0.25, 0.3) is 0 Å². The normalized spacial score (nSPS) is 16.8. The summed E-state index contributed by atoms with van der Waals surface area (Å²) in [6, 6.07) is -5.28. The van der Waals surface area contributed by atoms with Crippen molar-refractivity contribution in [1.82, 2.24) is 16.0 Å². The maximum absolute atomic E-state index is 12.8. The van der Waals surface area contributed by atoms with Gasteiger partial charge < -0.3 is 37.0 Å². The highest BCUT2D eigenvalue weighted by molar-refractivity contribution is 5.95. The predicted molar refractivity (Wildman–Crippen MR) is 114 cm³/mol. The van der Waals surface area contributed by atoms with E-state index >= 15 is 0 Å². The van der Waals surface area contributed by atoms with Crippen LogP contribution in [0.4, 0.5) is 0 Å². The second kappa shape index (κ2) is 13.6. The molecular formula is C20H36N4O8. The monoisotopic (exact) mass is 460 g/mol. The maximum atomic E-state index is 12.8. The van der Waals surface area contributed by atoms with Gasteiger partial charge in [-0.05, 0) is 25.2 Å². The number of aliphatic carboxylic acids is 2. The van der Waals surface area contributed by atoms with Crippen molar-refractivity contribution in [3.63, 3.8) is 0 Å². The zero-order valence-corrected chi connectivity index (χ0v) is 19.1. The van der Waals surface area contributed by atoms with E-state index in [0.29, 0.717) is 6.42 Å². The van der Waals surface area contributed by atoms with Crippen molar-refractivity contribution in [3.05, 3.63) is 0 Å². The Morgan fingerprint density at radius 3 is 1.75 bits per heavy atom. The highest BCUT2D eigenvalue weighted by Gasteiger charge is 2.33. The average molecular weight is 461 g/mol. The molecule has 0 heterocycles. The van der Waals surface area contributed by atoms with E-state index in [0.717, 1.165) is 0 Å². The van der Waals surface area contributed by atoms with Crippen molar-refractivity contribution in [3.8, 4) is 0 Å². The van der Waals surface area contributed by atoms with E-state index in [1.54, 1.807) is 20.8 Å². The van der Waals surface area contributed by atoms with Crippen LogP contribution >= 0.6 is 0 Å². The number of carboxylic acid groups (broad SMARTS) is 2. The number of amides is 3. The van der Waals surface area contributed by atoms with Gasteiger partial charge in [0.15, 0.2) is 6.04 Å². The molecular weight excluding hydrogens is 424 g/mol. The second-order valence-corrected chi connectivity index (χ2v) is 8.33. The van der Waals surface area contributed by atoms with E-state index in [2.05, 4.69) is 16.0 Å². The Labute approximate surface area is 187 Å². The van der Waals surface area contributed by atoms with Crippen LogP contribution in [0.1, 0.15) is 53.9 Å². The van der Waals surface area contributed by atoms with Gasteiger partial charge in [-0.1, -0.05) is 34.1 Å².